The molecule has 1 N–H and O–H groups in total. The minimum Gasteiger partial charge on any atom is -0.437 e. The second kappa shape index (κ2) is 5.61. The van der Waals surface area contributed by atoms with Gasteiger partial charge in [0.15, 0.2) is 6.19 Å². The number of nitrogens with one attached hydrogen (secondary N) is 1. The van der Waals surface area contributed by atoms with Gasteiger partial charge in [0.05, 0.1) is 22.2 Å². The highest BCUT2D eigenvalue weighted by molar-refractivity contribution is 5.91. The van der Waals surface area contributed by atoms with Gasteiger partial charge in [0.2, 0.25) is 17.1 Å². The molecule has 0 fully saturated rings. The third-order valence-corrected chi connectivity index (χ3v) is 4.82. The van der Waals surface area contributed by atoms with Crippen LogP contribution in [0.3, 0.4) is 0 Å². The van der Waals surface area contributed by atoms with E-state index >= 15 is 0 Å². The molecule has 3 heterocycles. The lowest BCUT2D eigenvalue weighted by Crippen LogP contribution is -2.12. The van der Waals surface area contributed by atoms with Crippen molar-refractivity contribution in [1.82, 2.24) is 15.0 Å². The van der Waals surface area contributed by atoms with Gasteiger partial charge in [-0.15, -0.1) is 0 Å². The Kier molecular flexibility index (Phi) is 3.21. The monoisotopic (exact) mass is 355 g/mol. The van der Waals surface area contributed by atoms with Crippen LogP contribution in [0.4, 0.5) is 5.95 Å². The van der Waals surface area contributed by atoms with Crippen LogP contribution < -0.4 is 10.7 Å². The maximum absolute atomic E-state index is 13.0. The molecule has 0 aliphatic heterocycles. The molecule has 7 nitrogen and oxygen atoms in total. The summed E-state index contributed by atoms with van der Waals surface area (Å²) < 4.78 is 5.90. The van der Waals surface area contributed by atoms with Gasteiger partial charge in [0.25, 0.3) is 0 Å². The Hall–Kier alpha value is -3.79. The van der Waals surface area contributed by atoms with Crippen LogP contribution in [0.15, 0.2) is 39.7 Å². The van der Waals surface area contributed by atoms with Gasteiger partial charge in [0.1, 0.15) is 5.58 Å². The highest BCUT2D eigenvalue weighted by atomic mass is 16.3. The molecule has 1 aliphatic carbocycles. The van der Waals surface area contributed by atoms with E-state index < -0.39 is 0 Å². The number of nitrogens with zero attached hydrogens (tertiary/aromatic N) is 4. The van der Waals surface area contributed by atoms with Gasteiger partial charge in [0, 0.05) is 11.8 Å². The molecule has 1 aliphatic rings. The molecule has 0 amide bonds. The summed E-state index contributed by atoms with van der Waals surface area (Å²) in [5.74, 6) is 0.227. The number of nitriles is 1. The van der Waals surface area contributed by atoms with Crippen molar-refractivity contribution in [2.75, 3.05) is 5.32 Å². The molecule has 0 saturated heterocycles. The Morgan fingerprint density at radius 3 is 2.93 bits per heavy atom. The Bertz CT molecular complexity index is 1350. The predicted octanol–water partition coefficient (Wildman–Crippen LogP) is 3.10. The highest BCUT2D eigenvalue weighted by Gasteiger charge is 2.22. The van der Waals surface area contributed by atoms with Crippen LogP contribution in [0.25, 0.3) is 33.3 Å². The predicted molar refractivity (Wildman–Crippen MR) is 100 cm³/mol. The molecule has 0 saturated carbocycles. The summed E-state index contributed by atoms with van der Waals surface area (Å²) in [4.78, 5) is 26.2. The van der Waals surface area contributed by atoms with E-state index in [0.717, 1.165) is 28.8 Å². The fraction of sp³-hybridized carbons (Fsp3) is 0.150. The molecule has 4 aromatic rings. The lowest BCUT2D eigenvalue weighted by Gasteiger charge is -2.18. The summed E-state index contributed by atoms with van der Waals surface area (Å²) in [6.07, 6.45) is 4.98. The van der Waals surface area contributed by atoms with Crippen LogP contribution in [0.2, 0.25) is 0 Å². The van der Waals surface area contributed by atoms with Crippen molar-refractivity contribution in [3.05, 3.63) is 57.5 Å². The molecule has 0 spiro atoms. The smallest absolute Gasteiger partial charge is 0.236 e. The number of aryl methyl sites for hydroxylation is 3. The van der Waals surface area contributed by atoms with E-state index in [0.29, 0.717) is 34.2 Å². The molecular weight excluding hydrogens is 342 g/mol. The highest BCUT2D eigenvalue weighted by Crippen LogP contribution is 2.33. The summed E-state index contributed by atoms with van der Waals surface area (Å²) in [6.45, 7) is 1.94. The van der Waals surface area contributed by atoms with Gasteiger partial charge in [-0.1, -0.05) is 11.6 Å². The first-order valence-corrected chi connectivity index (χ1v) is 8.52. The molecule has 0 unspecified atom stereocenters. The fourth-order valence-electron chi connectivity index (χ4n) is 3.51. The summed E-state index contributed by atoms with van der Waals surface area (Å²) in [7, 11) is 0. The first-order chi connectivity index (χ1) is 13.1. The number of benzene rings is 1. The molecule has 0 atom stereocenters. The normalized spacial score (nSPS) is 12.4. The number of anilines is 1. The summed E-state index contributed by atoms with van der Waals surface area (Å²) in [5.41, 5.74) is 5.02. The molecule has 5 rings (SSSR count). The summed E-state index contributed by atoms with van der Waals surface area (Å²) in [6, 6.07) is 7.33. The first-order valence-electron chi connectivity index (χ1n) is 8.52. The van der Waals surface area contributed by atoms with Crippen LogP contribution in [-0.4, -0.2) is 15.0 Å². The molecule has 3 aromatic heterocycles. The SMILES string of the molecule is Cc1ccc2oc3nc4c(cc3c(=O)c2c1)-c1nc(NC#N)ncc1CC4. The number of aromatic nitrogens is 3. The lowest BCUT2D eigenvalue weighted by molar-refractivity contribution is 0.641. The Balaban J connectivity index is 1.82. The van der Waals surface area contributed by atoms with Crippen molar-refractivity contribution in [1.29, 1.82) is 5.26 Å². The molecule has 1 aromatic carbocycles. The zero-order valence-corrected chi connectivity index (χ0v) is 14.4. The molecule has 27 heavy (non-hydrogen) atoms. The van der Waals surface area contributed by atoms with E-state index in [9.17, 15) is 4.79 Å². The van der Waals surface area contributed by atoms with Gasteiger partial charge in [-0.05, 0) is 43.5 Å². The van der Waals surface area contributed by atoms with Crippen molar-refractivity contribution >= 4 is 28.0 Å². The Morgan fingerprint density at radius 2 is 2.07 bits per heavy atom. The topological polar surface area (TPSA) is 105 Å². The van der Waals surface area contributed by atoms with Gasteiger partial charge in [-0.3, -0.25) is 10.1 Å². The van der Waals surface area contributed by atoms with Crippen molar-refractivity contribution in [2.24, 2.45) is 0 Å². The standard InChI is InChI=1S/C20H13N5O2/c1-10-2-5-16-13(6-10)18(26)14-7-12-15(24-19(14)27-16)4-3-11-8-22-20(23-9-21)25-17(11)12/h2,5-8H,3-4H2,1H3,(H,22,23,25). The van der Waals surface area contributed by atoms with E-state index in [4.69, 9.17) is 9.68 Å². The third-order valence-electron chi connectivity index (χ3n) is 4.82. The van der Waals surface area contributed by atoms with Gasteiger partial charge in [-0.2, -0.15) is 5.26 Å². The summed E-state index contributed by atoms with van der Waals surface area (Å²) >= 11 is 0. The molecular formula is C20H13N5O2. The van der Waals surface area contributed by atoms with E-state index in [1.165, 1.54) is 0 Å². The maximum Gasteiger partial charge on any atom is 0.236 e. The Labute approximate surface area is 153 Å². The zero-order chi connectivity index (χ0) is 18.5. The quantitative estimate of drug-likeness (QED) is 0.318. The number of hydrogen-bond donors (Lipinski definition) is 1. The average molecular weight is 355 g/mol. The number of pyridine rings is 1. The molecule has 130 valence electrons. The van der Waals surface area contributed by atoms with Crippen LogP contribution in [0.5, 0.6) is 0 Å². The van der Waals surface area contributed by atoms with Gasteiger partial charge >= 0.3 is 0 Å². The van der Waals surface area contributed by atoms with Crippen molar-refractivity contribution in [3.63, 3.8) is 0 Å². The second-order valence-electron chi connectivity index (χ2n) is 6.57. The lowest BCUT2D eigenvalue weighted by atomic mass is 9.93. The van der Waals surface area contributed by atoms with Crippen molar-refractivity contribution in [3.8, 4) is 17.5 Å². The van der Waals surface area contributed by atoms with Crippen molar-refractivity contribution < 1.29 is 4.42 Å². The van der Waals surface area contributed by atoms with Crippen LogP contribution in [0.1, 0.15) is 16.8 Å². The fourth-order valence-corrected chi connectivity index (χ4v) is 3.51. The van der Waals surface area contributed by atoms with E-state index in [1.54, 1.807) is 18.3 Å². The summed E-state index contributed by atoms with van der Waals surface area (Å²) in [5, 5.41) is 12.2. The van der Waals surface area contributed by atoms with Crippen molar-refractivity contribution in [2.45, 2.75) is 19.8 Å². The van der Waals surface area contributed by atoms with E-state index in [-0.39, 0.29) is 11.4 Å². The number of hydrogen-bond acceptors (Lipinski definition) is 7. The Morgan fingerprint density at radius 1 is 1.19 bits per heavy atom. The zero-order valence-electron chi connectivity index (χ0n) is 14.4. The van der Waals surface area contributed by atoms with Gasteiger partial charge in [-0.25, -0.2) is 15.0 Å². The molecule has 7 heteroatoms. The first kappa shape index (κ1) is 15.5. The molecule has 0 radical (unpaired) electrons. The van der Waals surface area contributed by atoms with Crippen LogP contribution in [-0.2, 0) is 12.8 Å². The van der Waals surface area contributed by atoms with Gasteiger partial charge < -0.3 is 4.42 Å². The van der Waals surface area contributed by atoms with Crippen LogP contribution in [0, 0.1) is 18.4 Å². The minimum absolute atomic E-state index is 0.109. The minimum atomic E-state index is -0.109. The number of fused-ring (bicyclic) bond motifs is 5. The largest absolute Gasteiger partial charge is 0.437 e. The average Bonchev–Trinajstić information content (AvgIpc) is 2.68. The van der Waals surface area contributed by atoms with Crippen LogP contribution >= 0.6 is 0 Å². The second-order valence-corrected chi connectivity index (χ2v) is 6.57. The molecule has 0 bridgehead atoms. The number of rotatable bonds is 1. The van der Waals surface area contributed by atoms with E-state index in [2.05, 4.69) is 20.3 Å². The third kappa shape index (κ3) is 2.34. The van der Waals surface area contributed by atoms with E-state index in [1.807, 2.05) is 25.2 Å². The maximum atomic E-state index is 13.0.